The molecule has 0 atom stereocenters. The number of amides is 2. The lowest BCUT2D eigenvalue weighted by molar-refractivity contribution is 0.192. The van der Waals surface area contributed by atoms with Gasteiger partial charge in [-0.15, -0.1) is 0 Å². The van der Waals surface area contributed by atoms with E-state index in [1.807, 2.05) is 17.9 Å². The van der Waals surface area contributed by atoms with Crippen LogP contribution in [-0.2, 0) is 16.6 Å². The van der Waals surface area contributed by atoms with E-state index < -0.39 is 10.0 Å². The van der Waals surface area contributed by atoms with Crippen LogP contribution in [0.15, 0.2) is 71.6 Å². The van der Waals surface area contributed by atoms with E-state index in [0.717, 1.165) is 17.5 Å². The van der Waals surface area contributed by atoms with Crippen LogP contribution in [0.2, 0.25) is 5.02 Å². The van der Waals surface area contributed by atoms with Crippen LogP contribution in [0.3, 0.4) is 0 Å². The highest BCUT2D eigenvalue weighted by Gasteiger charge is 2.29. The molecule has 0 spiro atoms. The monoisotopic (exact) mass is 511 g/mol. The zero-order valence-corrected chi connectivity index (χ0v) is 21.7. The van der Waals surface area contributed by atoms with E-state index in [0.29, 0.717) is 41.9 Å². The van der Waals surface area contributed by atoms with Crippen LogP contribution in [-0.4, -0.2) is 32.4 Å². The molecule has 0 unspecified atom stereocenters. The van der Waals surface area contributed by atoms with E-state index in [1.165, 1.54) is 17.7 Å². The first kappa shape index (κ1) is 25.1. The molecule has 0 aliphatic carbocycles. The van der Waals surface area contributed by atoms with Crippen molar-refractivity contribution in [3.63, 3.8) is 0 Å². The summed E-state index contributed by atoms with van der Waals surface area (Å²) in [4.78, 5) is 17.0. The Bertz CT molecular complexity index is 1320. The molecule has 0 radical (unpaired) electrons. The topological polar surface area (TPSA) is 69.7 Å². The van der Waals surface area contributed by atoms with Crippen molar-refractivity contribution in [1.82, 2.24) is 4.90 Å². The van der Waals surface area contributed by atoms with Gasteiger partial charge in [0.1, 0.15) is 0 Å². The lowest BCUT2D eigenvalue weighted by atomic mass is 10.0. The fraction of sp³-hybridized carbons (Fsp3) is 0.296. The van der Waals surface area contributed by atoms with Crippen molar-refractivity contribution < 1.29 is 13.2 Å². The molecule has 1 saturated heterocycles. The Balaban J connectivity index is 1.59. The van der Waals surface area contributed by atoms with Gasteiger partial charge in [0.15, 0.2) is 0 Å². The standard InChI is InChI=1S/C27H30ClN3O3S/c1-19(2)22-11-9-21(10-12-22)18-30-14-5-15-31(27(30)32)26-13-8-20(3)16-25(26)29-35(33,34)24-7-4-6-23(28)17-24/h4,6-13,16-17,19,29H,5,14-15,18H2,1-3H3. The quantitative estimate of drug-likeness (QED) is 0.398. The first-order chi connectivity index (χ1) is 16.6. The van der Waals surface area contributed by atoms with Crippen LogP contribution in [0.5, 0.6) is 0 Å². The lowest BCUT2D eigenvalue weighted by Gasteiger charge is -2.36. The summed E-state index contributed by atoms with van der Waals surface area (Å²) in [6.07, 6.45) is 0.782. The molecule has 184 valence electrons. The van der Waals surface area contributed by atoms with Gasteiger partial charge in [0.2, 0.25) is 0 Å². The molecule has 3 aromatic carbocycles. The highest BCUT2D eigenvalue weighted by Crippen LogP contribution is 2.32. The molecule has 1 aliphatic heterocycles. The number of hydrogen-bond donors (Lipinski definition) is 1. The van der Waals surface area contributed by atoms with Gasteiger partial charge in [0.05, 0.1) is 16.3 Å². The Morgan fingerprint density at radius 1 is 1.00 bits per heavy atom. The number of rotatable bonds is 7. The van der Waals surface area contributed by atoms with E-state index in [9.17, 15) is 13.2 Å². The number of urea groups is 1. The largest absolute Gasteiger partial charge is 0.324 e. The zero-order chi connectivity index (χ0) is 25.2. The van der Waals surface area contributed by atoms with Gasteiger partial charge in [-0.25, -0.2) is 13.2 Å². The number of carbonyl (C=O) groups excluding carboxylic acids is 1. The van der Waals surface area contributed by atoms with Crippen LogP contribution in [0.1, 0.15) is 42.9 Å². The van der Waals surface area contributed by atoms with Crippen molar-refractivity contribution in [3.05, 3.63) is 88.4 Å². The van der Waals surface area contributed by atoms with Crippen molar-refractivity contribution >= 4 is 39.0 Å². The number of carbonyl (C=O) groups is 1. The molecule has 8 heteroatoms. The maximum absolute atomic E-state index is 13.5. The molecule has 1 heterocycles. The molecule has 1 N–H and O–H groups in total. The number of anilines is 2. The van der Waals surface area contributed by atoms with Gasteiger partial charge < -0.3 is 4.90 Å². The minimum atomic E-state index is -3.89. The molecule has 1 aliphatic rings. The second-order valence-corrected chi connectivity index (χ2v) is 11.3. The summed E-state index contributed by atoms with van der Waals surface area (Å²) in [7, 11) is -3.89. The van der Waals surface area contributed by atoms with E-state index in [4.69, 9.17) is 11.6 Å². The van der Waals surface area contributed by atoms with Crippen molar-refractivity contribution in [2.45, 2.75) is 44.6 Å². The number of hydrogen-bond acceptors (Lipinski definition) is 3. The third-order valence-electron chi connectivity index (χ3n) is 6.12. The average Bonchev–Trinajstić information content (AvgIpc) is 2.81. The van der Waals surface area contributed by atoms with Crippen molar-refractivity contribution in [2.75, 3.05) is 22.7 Å². The van der Waals surface area contributed by atoms with Gasteiger partial charge in [-0.1, -0.05) is 61.8 Å². The highest BCUT2D eigenvalue weighted by atomic mass is 35.5. The normalized spacial score (nSPS) is 14.5. The van der Waals surface area contributed by atoms with Gasteiger partial charge in [-0.05, 0) is 66.3 Å². The second kappa shape index (κ2) is 10.3. The third kappa shape index (κ3) is 5.80. The van der Waals surface area contributed by atoms with Gasteiger partial charge >= 0.3 is 6.03 Å². The van der Waals surface area contributed by atoms with E-state index in [2.05, 4.69) is 42.8 Å². The average molecular weight is 512 g/mol. The Labute approximate surface area is 212 Å². The van der Waals surface area contributed by atoms with E-state index in [-0.39, 0.29) is 10.9 Å². The molecule has 0 aromatic heterocycles. The van der Waals surface area contributed by atoms with Gasteiger partial charge in [0, 0.05) is 24.7 Å². The summed E-state index contributed by atoms with van der Waals surface area (Å²) >= 11 is 6.01. The highest BCUT2D eigenvalue weighted by molar-refractivity contribution is 7.92. The van der Waals surface area contributed by atoms with Crippen molar-refractivity contribution in [2.24, 2.45) is 0 Å². The Morgan fingerprint density at radius 2 is 1.74 bits per heavy atom. The molecular weight excluding hydrogens is 482 g/mol. The molecule has 0 bridgehead atoms. The number of halogens is 1. The predicted molar refractivity (Wildman–Crippen MR) is 142 cm³/mol. The molecule has 3 aromatic rings. The SMILES string of the molecule is Cc1ccc(N2CCCN(Cc3ccc(C(C)C)cc3)C2=O)c(NS(=O)(=O)c2cccc(Cl)c2)c1. The molecule has 2 amide bonds. The van der Waals surface area contributed by atoms with Crippen LogP contribution in [0.25, 0.3) is 0 Å². The first-order valence-electron chi connectivity index (χ1n) is 11.7. The van der Waals surface area contributed by atoms with E-state index in [1.54, 1.807) is 29.2 Å². The van der Waals surface area contributed by atoms with Crippen LogP contribution >= 0.6 is 11.6 Å². The number of aryl methyl sites for hydroxylation is 1. The maximum Gasteiger partial charge on any atom is 0.324 e. The third-order valence-corrected chi connectivity index (χ3v) is 7.72. The van der Waals surface area contributed by atoms with Crippen LogP contribution in [0.4, 0.5) is 16.2 Å². The van der Waals surface area contributed by atoms with Gasteiger partial charge in [0.25, 0.3) is 10.0 Å². The summed E-state index contributed by atoms with van der Waals surface area (Å²) in [6, 6.07) is 19.7. The molecule has 6 nitrogen and oxygen atoms in total. The first-order valence-corrected chi connectivity index (χ1v) is 13.5. The minimum absolute atomic E-state index is 0.0638. The smallest absolute Gasteiger partial charge is 0.320 e. The van der Waals surface area contributed by atoms with Gasteiger partial charge in [-0.2, -0.15) is 0 Å². The molecule has 1 fully saturated rings. The van der Waals surface area contributed by atoms with Crippen LogP contribution < -0.4 is 9.62 Å². The molecule has 35 heavy (non-hydrogen) atoms. The summed E-state index contributed by atoms with van der Waals surface area (Å²) in [5.74, 6) is 0.451. The fourth-order valence-electron chi connectivity index (χ4n) is 4.19. The summed E-state index contributed by atoms with van der Waals surface area (Å²) in [5.41, 5.74) is 4.10. The lowest BCUT2D eigenvalue weighted by Crippen LogP contribution is -2.49. The Hall–Kier alpha value is -3.03. The van der Waals surface area contributed by atoms with Gasteiger partial charge in [-0.3, -0.25) is 9.62 Å². The predicted octanol–water partition coefficient (Wildman–Crippen LogP) is 6.40. The minimum Gasteiger partial charge on any atom is -0.320 e. The maximum atomic E-state index is 13.5. The van der Waals surface area contributed by atoms with E-state index >= 15 is 0 Å². The summed E-state index contributed by atoms with van der Waals surface area (Å²) < 4.78 is 28.8. The Morgan fingerprint density at radius 3 is 2.43 bits per heavy atom. The molecule has 4 rings (SSSR count). The zero-order valence-electron chi connectivity index (χ0n) is 20.2. The number of nitrogens with zero attached hydrogens (tertiary/aromatic N) is 2. The second-order valence-electron chi connectivity index (χ2n) is 9.19. The van der Waals surface area contributed by atoms with Crippen molar-refractivity contribution in [3.8, 4) is 0 Å². The Kier molecular flexibility index (Phi) is 7.38. The fourth-order valence-corrected chi connectivity index (χ4v) is 5.55. The summed E-state index contributed by atoms with van der Waals surface area (Å²) in [6.45, 7) is 7.85. The summed E-state index contributed by atoms with van der Waals surface area (Å²) in [5, 5.41) is 0.334. The number of benzene rings is 3. The molecular formula is C27H30ClN3O3S. The number of nitrogens with one attached hydrogen (secondary N) is 1. The molecule has 0 saturated carbocycles. The number of sulfonamides is 1. The van der Waals surface area contributed by atoms with Crippen LogP contribution in [0, 0.1) is 6.92 Å². The van der Waals surface area contributed by atoms with Crippen molar-refractivity contribution in [1.29, 1.82) is 0 Å².